The first-order valence-corrected chi connectivity index (χ1v) is 19.7. The molecule has 0 aromatic carbocycles. The molecule has 0 amide bonds. The summed E-state index contributed by atoms with van der Waals surface area (Å²) in [6.45, 7) is 10.4. The van der Waals surface area contributed by atoms with Crippen molar-refractivity contribution in [3.63, 3.8) is 0 Å². The number of methoxy groups -OCH3 is 2. The van der Waals surface area contributed by atoms with Gasteiger partial charge in [0.05, 0.1) is 26.4 Å². The van der Waals surface area contributed by atoms with E-state index in [4.69, 9.17) is 18.9 Å². The normalized spacial score (nSPS) is 29.4. The van der Waals surface area contributed by atoms with Crippen LogP contribution in [0, 0.1) is 23.2 Å². The Balaban J connectivity index is 1.88. The zero-order valence-corrected chi connectivity index (χ0v) is 31.2. The summed E-state index contributed by atoms with van der Waals surface area (Å²) in [6.07, 6.45) is 14.1. The van der Waals surface area contributed by atoms with Gasteiger partial charge in [-0.05, 0) is 68.0 Å². The Morgan fingerprint density at radius 2 is 1.47 bits per heavy atom. The molecule has 264 valence electrons. The third kappa shape index (κ3) is 8.07. The molecule has 0 unspecified atom stereocenters. The predicted molar refractivity (Wildman–Crippen MR) is 187 cm³/mol. The largest absolute Gasteiger partial charge is 0.468 e. The zero-order chi connectivity index (χ0) is 34.4. The molecule has 1 saturated heterocycles. The molecule has 2 aliphatic carbocycles. The van der Waals surface area contributed by atoms with E-state index in [9.17, 15) is 19.2 Å². The molecule has 10 heteroatoms. The number of carbonyl (C=O) groups is 4. The lowest BCUT2D eigenvalue weighted by Gasteiger charge is -2.46. The van der Waals surface area contributed by atoms with Crippen molar-refractivity contribution >= 4 is 45.7 Å². The molecule has 0 saturated carbocycles. The van der Waals surface area contributed by atoms with E-state index in [1.807, 2.05) is 20.8 Å². The van der Waals surface area contributed by atoms with E-state index in [2.05, 4.69) is 19.9 Å². The molecule has 8 nitrogen and oxygen atoms in total. The van der Waals surface area contributed by atoms with Gasteiger partial charge in [-0.25, -0.2) is 0 Å². The van der Waals surface area contributed by atoms with Gasteiger partial charge in [0.1, 0.15) is 0 Å². The molecule has 0 aromatic heterocycles. The van der Waals surface area contributed by atoms with Crippen molar-refractivity contribution < 1.29 is 38.1 Å². The molecule has 1 fully saturated rings. The zero-order valence-electron chi connectivity index (χ0n) is 29.5. The summed E-state index contributed by atoms with van der Waals surface area (Å²) in [5.41, 5.74) is -0.470. The first-order valence-electron chi connectivity index (χ1n) is 17.8. The maximum atomic E-state index is 13.9. The molecule has 2 bridgehead atoms. The van der Waals surface area contributed by atoms with Crippen LogP contribution in [0.2, 0.25) is 0 Å². The Bertz CT molecular complexity index is 1210. The van der Waals surface area contributed by atoms with Gasteiger partial charge in [-0.2, -0.15) is 11.8 Å². The van der Waals surface area contributed by atoms with Crippen molar-refractivity contribution in [2.75, 3.05) is 20.0 Å². The van der Waals surface area contributed by atoms with Crippen molar-refractivity contribution in [3.8, 4) is 0 Å². The number of carbonyl (C=O) groups excluding carboxylic acids is 4. The molecule has 4 aliphatic rings. The highest BCUT2D eigenvalue weighted by atomic mass is 32.2. The van der Waals surface area contributed by atoms with Crippen LogP contribution in [0.25, 0.3) is 0 Å². The molecule has 2 heterocycles. The quantitative estimate of drug-likeness (QED) is 0.0645. The monoisotopic (exact) mass is 692 g/mol. The van der Waals surface area contributed by atoms with Gasteiger partial charge in [0.15, 0.2) is 11.2 Å². The van der Waals surface area contributed by atoms with Gasteiger partial charge in [0.25, 0.3) is 0 Å². The van der Waals surface area contributed by atoms with Crippen LogP contribution in [0.4, 0.5) is 0 Å². The maximum absolute atomic E-state index is 13.9. The van der Waals surface area contributed by atoms with Crippen molar-refractivity contribution in [2.24, 2.45) is 23.2 Å². The van der Waals surface area contributed by atoms with Gasteiger partial charge >= 0.3 is 11.9 Å². The number of ether oxygens (including phenoxy) is 4. The van der Waals surface area contributed by atoms with E-state index in [-0.39, 0.29) is 57.4 Å². The van der Waals surface area contributed by atoms with Gasteiger partial charge in [-0.1, -0.05) is 84.6 Å². The average molecular weight is 693 g/mol. The molecule has 0 radical (unpaired) electrons. The van der Waals surface area contributed by atoms with E-state index in [0.29, 0.717) is 35.1 Å². The minimum absolute atomic E-state index is 0.0486. The number of unbranched alkanes of at least 4 members (excludes halogenated alkanes) is 7. The number of hydrogen-bond donors (Lipinski definition) is 0. The molecular formula is C37H56O8S2. The summed E-state index contributed by atoms with van der Waals surface area (Å²) < 4.78 is 23.8. The first kappa shape index (κ1) is 38.2. The number of thioether (sulfide) groups is 2. The van der Waals surface area contributed by atoms with Crippen LogP contribution in [-0.4, -0.2) is 65.4 Å². The van der Waals surface area contributed by atoms with Gasteiger partial charge in [0, 0.05) is 28.7 Å². The van der Waals surface area contributed by atoms with Gasteiger partial charge < -0.3 is 18.9 Å². The smallest absolute Gasteiger partial charge is 0.327 e. The molecule has 0 aromatic rings. The number of fused-ring (bicyclic) bond motifs is 3. The third-order valence-electron chi connectivity index (χ3n) is 10.5. The minimum Gasteiger partial charge on any atom is -0.468 e. The molecule has 47 heavy (non-hydrogen) atoms. The Hall–Kier alpha value is -1.62. The Morgan fingerprint density at radius 3 is 2.11 bits per heavy atom. The molecule has 0 spiro atoms. The fourth-order valence-electron chi connectivity index (χ4n) is 8.37. The van der Waals surface area contributed by atoms with Crippen LogP contribution in [-0.2, 0) is 38.1 Å². The fourth-order valence-corrected chi connectivity index (χ4v) is 10.6. The predicted octanol–water partition coefficient (Wildman–Crippen LogP) is 7.97. The number of rotatable bonds is 17. The van der Waals surface area contributed by atoms with E-state index in [1.165, 1.54) is 33.5 Å². The van der Waals surface area contributed by atoms with Crippen LogP contribution in [0.1, 0.15) is 118 Å². The lowest BCUT2D eigenvalue weighted by Crippen LogP contribution is -2.50. The highest BCUT2D eigenvalue weighted by molar-refractivity contribution is 8.27. The first-order chi connectivity index (χ1) is 22.5. The highest BCUT2D eigenvalue weighted by Crippen LogP contribution is 2.60. The van der Waals surface area contributed by atoms with E-state index >= 15 is 0 Å². The Labute approximate surface area is 290 Å². The Morgan fingerprint density at radius 1 is 0.872 bits per heavy atom. The Kier molecular flexibility index (Phi) is 13.7. The topological polar surface area (TPSA) is 105 Å². The summed E-state index contributed by atoms with van der Waals surface area (Å²) in [4.78, 5) is 55.2. The molecule has 6 atom stereocenters. The molecule has 0 N–H and O–H groups in total. The van der Waals surface area contributed by atoms with Crippen molar-refractivity contribution in [2.45, 2.75) is 141 Å². The maximum Gasteiger partial charge on any atom is 0.327 e. The van der Waals surface area contributed by atoms with Crippen LogP contribution in [0.3, 0.4) is 0 Å². The van der Waals surface area contributed by atoms with Gasteiger partial charge in [-0.15, -0.1) is 0 Å². The number of esters is 2. The van der Waals surface area contributed by atoms with E-state index in [1.54, 1.807) is 11.8 Å². The second-order valence-electron chi connectivity index (χ2n) is 14.0. The highest BCUT2D eigenvalue weighted by Gasteiger charge is 2.63. The van der Waals surface area contributed by atoms with Crippen molar-refractivity contribution in [1.29, 1.82) is 0 Å². The number of hydrogen-bond acceptors (Lipinski definition) is 10. The summed E-state index contributed by atoms with van der Waals surface area (Å²) in [5.74, 6) is -2.00. The van der Waals surface area contributed by atoms with Crippen LogP contribution in [0.15, 0.2) is 22.8 Å². The minimum atomic E-state index is -1.84. The summed E-state index contributed by atoms with van der Waals surface area (Å²) in [6, 6.07) is 0. The lowest BCUT2D eigenvalue weighted by molar-refractivity contribution is -0.166. The fraction of sp³-hybridized carbons (Fsp3) is 0.784. The standard InChI is InChI=1S/C37H56O8S2/c1-8-11-13-14-15-17-18-23-20-26-31(46-10-3)29(24(23)21-28-27(19-16-12-9-2)44-36(4,5)45-28)30-25(32(38)47-33(30)39)22-37(26,34(40)42-6)35(41)43-7/h20,23-24,27-29,31H,8-19,21-22H2,1-7H3/t23-,24+,27-,28-,29+,31+/m0/s1. The third-order valence-corrected chi connectivity index (χ3v) is 12.5. The second kappa shape index (κ2) is 16.9. The average Bonchev–Trinajstić information content (AvgIpc) is 3.45. The molecule has 4 rings (SSSR count). The van der Waals surface area contributed by atoms with Crippen LogP contribution in [0.5, 0.6) is 0 Å². The van der Waals surface area contributed by atoms with Gasteiger partial charge in [0.2, 0.25) is 10.2 Å². The summed E-state index contributed by atoms with van der Waals surface area (Å²) in [5, 5.41) is -1.04. The molecular weight excluding hydrogens is 637 g/mol. The molecule has 2 aliphatic heterocycles. The lowest BCUT2D eigenvalue weighted by atomic mass is 9.63. The summed E-state index contributed by atoms with van der Waals surface area (Å²) in [7, 11) is 2.53. The van der Waals surface area contributed by atoms with E-state index in [0.717, 1.165) is 51.4 Å². The van der Waals surface area contributed by atoms with Crippen LogP contribution < -0.4 is 0 Å². The van der Waals surface area contributed by atoms with Crippen molar-refractivity contribution in [1.82, 2.24) is 0 Å². The van der Waals surface area contributed by atoms with Crippen LogP contribution >= 0.6 is 23.5 Å². The van der Waals surface area contributed by atoms with E-state index < -0.39 is 23.1 Å². The van der Waals surface area contributed by atoms with Crippen molar-refractivity contribution in [3.05, 3.63) is 22.8 Å². The second-order valence-corrected chi connectivity index (χ2v) is 16.4. The number of allylic oxidation sites excluding steroid dienone is 1. The SMILES string of the molecule is CCCCCCCC[C@H]1C=C2[C@@H](SCC)[C@@H](C3=C(CC2(C(=O)OC)C(=O)OC)C(=O)SC3=O)[C@@H]1C[C@@H]1OC(C)(C)O[C@H]1CCCCC. The van der Waals surface area contributed by atoms with Gasteiger partial charge in [-0.3, -0.25) is 19.2 Å². The summed E-state index contributed by atoms with van der Waals surface area (Å²) >= 11 is 2.31.